The summed E-state index contributed by atoms with van der Waals surface area (Å²) in [5, 5.41) is 5.41. The minimum atomic E-state index is -0.475. The molecule has 5 nitrogen and oxygen atoms in total. The highest BCUT2D eigenvalue weighted by Gasteiger charge is 2.03. The normalized spacial score (nSPS) is 10.1. The van der Waals surface area contributed by atoms with Gasteiger partial charge in [-0.1, -0.05) is 24.3 Å². The zero-order valence-corrected chi connectivity index (χ0v) is 12.5. The van der Waals surface area contributed by atoms with Crippen LogP contribution in [0.1, 0.15) is 21.5 Å². The summed E-state index contributed by atoms with van der Waals surface area (Å²) in [5.74, 6) is -0.784. The van der Waals surface area contributed by atoms with Crippen molar-refractivity contribution in [3.8, 4) is 0 Å². The average Bonchev–Trinajstić information content (AvgIpc) is 2.54. The number of primary amides is 1. The molecule has 0 aliphatic carbocycles. The molecule has 23 heavy (non-hydrogen) atoms. The van der Waals surface area contributed by atoms with E-state index in [-0.39, 0.29) is 11.8 Å². The van der Waals surface area contributed by atoms with E-state index in [0.29, 0.717) is 25.1 Å². The molecule has 0 saturated heterocycles. The number of carbonyl (C=O) groups excluding carboxylic acids is 2. The Morgan fingerprint density at radius 1 is 1.00 bits per heavy atom. The smallest absolute Gasteiger partial charge is 0.315 e. The number of amides is 3. The van der Waals surface area contributed by atoms with Crippen LogP contribution >= 0.6 is 0 Å². The summed E-state index contributed by atoms with van der Waals surface area (Å²) in [7, 11) is 0. The minimum absolute atomic E-state index is 0.305. The Bertz CT molecular complexity index is 686. The average molecular weight is 315 g/mol. The van der Waals surface area contributed by atoms with Gasteiger partial charge in [0.05, 0.1) is 0 Å². The van der Waals surface area contributed by atoms with Gasteiger partial charge in [0.25, 0.3) is 0 Å². The van der Waals surface area contributed by atoms with E-state index in [1.54, 1.807) is 30.3 Å². The first kappa shape index (κ1) is 16.5. The van der Waals surface area contributed by atoms with E-state index in [1.165, 1.54) is 12.1 Å². The van der Waals surface area contributed by atoms with Crippen molar-refractivity contribution >= 4 is 11.9 Å². The van der Waals surface area contributed by atoms with Crippen LogP contribution < -0.4 is 16.4 Å². The molecule has 0 bridgehead atoms. The molecule has 0 atom stereocenters. The zero-order valence-electron chi connectivity index (χ0n) is 12.5. The molecule has 120 valence electrons. The van der Waals surface area contributed by atoms with Crippen molar-refractivity contribution in [2.24, 2.45) is 5.73 Å². The number of rotatable bonds is 6. The van der Waals surface area contributed by atoms with Crippen LogP contribution in [-0.4, -0.2) is 18.5 Å². The summed E-state index contributed by atoms with van der Waals surface area (Å²) >= 11 is 0. The summed E-state index contributed by atoms with van der Waals surface area (Å²) < 4.78 is 12.8. The number of nitrogens with one attached hydrogen (secondary N) is 2. The summed E-state index contributed by atoms with van der Waals surface area (Å²) in [5.41, 5.74) is 7.40. The van der Waals surface area contributed by atoms with Gasteiger partial charge in [-0.15, -0.1) is 0 Å². The molecule has 2 rings (SSSR count). The number of hydrogen-bond acceptors (Lipinski definition) is 2. The molecule has 2 aromatic rings. The summed E-state index contributed by atoms with van der Waals surface area (Å²) in [4.78, 5) is 22.8. The van der Waals surface area contributed by atoms with E-state index in [9.17, 15) is 14.0 Å². The molecule has 0 spiro atoms. The third-order valence-electron chi connectivity index (χ3n) is 3.28. The van der Waals surface area contributed by atoms with Crippen molar-refractivity contribution in [2.45, 2.75) is 13.0 Å². The van der Waals surface area contributed by atoms with E-state index >= 15 is 0 Å². The maximum absolute atomic E-state index is 12.8. The molecule has 0 aromatic heterocycles. The predicted molar refractivity (Wildman–Crippen MR) is 85.3 cm³/mol. The molecular weight excluding hydrogens is 297 g/mol. The van der Waals surface area contributed by atoms with Gasteiger partial charge in [-0.05, 0) is 41.8 Å². The first-order valence-electron chi connectivity index (χ1n) is 7.19. The molecular formula is C17H18FN3O2. The van der Waals surface area contributed by atoms with Crippen molar-refractivity contribution in [2.75, 3.05) is 6.54 Å². The maximum Gasteiger partial charge on any atom is 0.315 e. The van der Waals surface area contributed by atoms with Crippen LogP contribution in [0, 0.1) is 5.82 Å². The molecule has 4 N–H and O–H groups in total. The topological polar surface area (TPSA) is 84.2 Å². The Labute approximate surface area is 133 Å². The minimum Gasteiger partial charge on any atom is -0.366 e. The molecule has 3 amide bonds. The molecule has 0 radical (unpaired) electrons. The van der Waals surface area contributed by atoms with Crippen molar-refractivity contribution < 1.29 is 14.0 Å². The summed E-state index contributed by atoms with van der Waals surface area (Å²) in [6.45, 7) is 0.751. The van der Waals surface area contributed by atoms with Gasteiger partial charge in [0.15, 0.2) is 0 Å². The quantitative estimate of drug-likeness (QED) is 0.761. The number of urea groups is 1. The first-order valence-corrected chi connectivity index (χ1v) is 7.19. The largest absolute Gasteiger partial charge is 0.366 e. The fourth-order valence-corrected chi connectivity index (χ4v) is 2.05. The van der Waals surface area contributed by atoms with Crippen LogP contribution in [-0.2, 0) is 13.0 Å². The molecule has 0 aliphatic heterocycles. The van der Waals surface area contributed by atoms with Crippen LogP contribution in [0.5, 0.6) is 0 Å². The van der Waals surface area contributed by atoms with Gasteiger partial charge >= 0.3 is 6.03 Å². The van der Waals surface area contributed by atoms with E-state index in [0.717, 1.165) is 11.1 Å². The second-order valence-corrected chi connectivity index (χ2v) is 5.05. The Balaban J connectivity index is 1.73. The SMILES string of the molecule is NC(=O)c1cccc(CCNC(=O)NCc2ccc(F)cc2)c1. The number of benzene rings is 2. The monoisotopic (exact) mass is 315 g/mol. The van der Waals surface area contributed by atoms with Crippen LogP contribution in [0.2, 0.25) is 0 Å². The molecule has 0 aliphatic rings. The van der Waals surface area contributed by atoms with Crippen molar-refractivity contribution in [1.82, 2.24) is 10.6 Å². The Morgan fingerprint density at radius 2 is 1.74 bits per heavy atom. The highest BCUT2D eigenvalue weighted by molar-refractivity contribution is 5.92. The number of nitrogens with two attached hydrogens (primary N) is 1. The van der Waals surface area contributed by atoms with E-state index in [4.69, 9.17) is 5.73 Å². The van der Waals surface area contributed by atoms with E-state index < -0.39 is 5.91 Å². The lowest BCUT2D eigenvalue weighted by atomic mass is 10.1. The van der Waals surface area contributed by atoms with E-state index in [1.807, 2.05) is 6.07 Å². The third-order valence-corrected chi connectivity index (χ3v) is 3.28. The Hall–Kier alpha value is -2.89. The third kappa shape index (κ3) is 5.43. The number of hydrogen-bond donors (Lipinski definition) is 3. The van der Waals surface area contributed by atoms with Gasteiger partial charge in [0.2, 0.25) is 5.91 Å². The van der Waals surface area contributed by atoms with Gasteiger partial charge in [-0.3, -0.25) is 4.79 Å². The zero-order chi connectivity index (χ0) is 16.7. The summed E-state index contributed by atoms with van der Waals surface area (Å²) in [6.07, 6.45) is 0.588. The van der Waals surface area contributed by atoms with Gasteiger partial charge in [0.1, 0.15) is 5.82 Å². The first-order chi connectivity index (χ1) is 11.0. The van der Waals surface area contributed by atoms with Crippen LogP contribution in [0.25, 0.3) is 0 Å². The van der Waals surface area contributed by atoms with Gasteiger partial charge in [-0.2, -0.15) is 0 Å². The lowest BCUT2D eigenvalue weighted by Gasteiger charge is -2.08. The lowest BCUT2D eigenvalue weighted by molar-refractivity contribution is 0.1000. The molecule has 6 heteroatoms. The van der Waals surface area contributed by atoms with Crippen LogP contribution in [0.3, 0.4) is 0 Å². The van der Waals surface area contributed by atoms with E-state index in [2.05, 4.69) is 10.6 Å². The molecule has 0 fully saturated rings. The Morgan fingerprint density at radius 3 is 2.43 bits per heavy atom. The molecule has 0 heterocycles. The standard InChI is InChI=1S/C17H18FN3O2/c18-15-6-4-13(5-7-15)11-21-17(23)20-9-8-12-2-1-3-14(10-12)16(19)22/h1-7,10H,8-9,11H2,(H2,19,22)(H2,20,21,23). The van der Waals surface area contributed by atoms with Crippen molar-refractivity contribution in [1.29, 1.82) is 0 Å². The fourth-order valence-electron chi connectivity index (χ4n) is 2.05. The number of halogens is 1. The van der Waals surface area contributed by atoms with Crippen molar-refractivity contribution in [3.05, 3.63) is 71.0 Å². The second-order valence-electron chi connectivity index (χ2n) is 5.05. The highest BCUT2D eigenvalue weighted by Crippen LogP contribution is 2.05. The van der Waals surface area contributed by atoms with Crippen LogP contribution in [0.4, 0.5) is 9.18 Å². The molecule has 0 unspecified atom stereocenters. The van der Waals surface area contributed by atoms with Gasteiger partial charge in [-0.25, -0.2) is 9.18 Å². The summed E-state index contributed by atoms with van der Waals surface area (Å²) in [6, 6.07) is 12.6. The number of carbonyl (C=O) groups is 2. The van der Waals surface area contributed by atoms with Crippen LogP contribution in [0.15, 0.2) is 48.5 Å². The highest BCUT2D eigenvalue weighted by atomic mass is 19.1. The molecule has 0 saturated carbocycles. The molecule has 2 aromatic carbocycles. The van der Waals surface area contributed by atoms with Crippen molar-refractivity contribution in [3.63, 3.8) is 0 Å². The fraction of sp³-hybridized carbons (Fsp3) is 0.176. The predicted octanol–water partition coefficient (Wildman–Crippen LogP) is 1.97. The maximum atomic E-state index is 12.8. The lowest BCUT2D eigenvalue weighted by Crippen LogP contribution is -2.36. The van der Waals surface area contributed by atoms with Gasteiger partial charge in [0, 0.05) is 18.7 Å². The van der Waals surface area contributed by atoms with Gasteiger partial charge < -0.3 is 16.4 Å². The second kappa shape index (κ2) is 7.93. The Kier molecular flexibility index (Phi) is 5.68.